The van der Waals surface area contributed by atoms with E-state index in [1.165, 1.54) is 0 Å². The topological polar surface area (TPSA) is 62.7 Å². The molecule has 7 heteroatoms. The first-order chi connectivity index (χ1) is 8.97. The maximum Gasteiger partial charge on any atom is 0.349 e. The molecule has 2 rings (SSSR count). The van der Waals surface area contributed by atoms with E-state index in [0.29, 0.717) is 5.75 Å². The van der Waals surface area contributed by atoms with Gasteiger partial charge in [0.1, 0.15) is 5.75 Å². The van der Waals surface area contributed by atoms with E-state index in [9.17, 15) is 4.79 Å². The van der Waals surface area contributed by atoms with Crippen molar-refractivity contribution in [3.8, 4) is 10.9 Å². The minimum Gasteiger partial charge on any atom is -0.477 e. The van der Waals surface area contributed by atoms with Crippen LogP contribution in [-0.2, 0) is 0 Å². The van der Waals surface area contributed by atoms with E-state index < -0.39 is 5.97 Å². The quantitative estimate of drug-likeness (QED) is 0.938. The molecule has 0 saturated heterocycles. The summed E-state index contributed by atoms with van der Waals surface area (Å²) in [6, 6.07) is 7.38. The van der Waals surface area contributed by atoms with Gasteiger partial charge in [0.25, 0.3) is 5.19 Å². The van der Waals surface area contributed by atoms with Crippen molar-refractivity contribution in [3.05, 3.63) is 34.3 Å². The molecular formula is C12H11ClN2O3S. The van der Waals surface area contributed by atoms with Gasteiger partial charge in [0, 0.05) is 25.8 Å². The molecule has 19 heavy (non-hydrogen) atoms. The SMILES string of the molecule is CN(C)c1cccc(Oc2nc(Cl)c(C(=O)O)s2)c1. The van der Waals surface area contributed by atoms with Gasteiger partial charge in [0.2, 0.25) is 0 Å². The number of carboxylic acids is 1. The van der Waals surface area contributed by atoms with Gasteiger partial charge in [-0.05, 0) is 12.1 Å². The molecule has 0 radical (unpaired) electrons. The molecule has 0 saturated carbocycles. The number of nitrogens with zero attached hydrogens (tertiary/aromatic N) is 2. The van der Waals surface area contributed by atoms with Crippen LogP contribution in [0, 0.1) is 0 Å². The van der Waals surface area contributed by atoms with Gasteiger partial charge in [0.15, 0.2) is 10.0 Å². The Hall–Kier alpha value is -1.79. The van der Waals surface area contributed by atoms with Crippen molar-refractivity contribution in [2.24, 2.45) is 0 Å². The van der Waals surface area contributed by atoms with E-state index >= 15 is 0 Å². The maximum atomic E-state index is 10.9. The summed E-state index contributed by atoms with van der Waals surface area (Å²) in [6.45, 7) is 0. The van der Waals surface area contributed by atoms with Gasteiger partial charge < -0.3 is 14.7 Å². The van der Waals surface area contributed by atoms with Gasteiger partial charge in [-0.3, -0.25) is 0 Å². The van der Waals surface area contributed by atoms with Crippen molar-refractivity contribution in [2.75, 3.05) is 19.0 Å². The van der Waals surface area contributed by atoms with Crippen LogP contribution >= 0.6 is 22.9 Å². The fourth-order valence-electron chi connectivity index (χ4n) is 1.38. The number of anilines is 1. The second kappa shape index (κ2) is 5.46. The lowest BCUT2D eigenvalue weighted by molar-refractivity contribution is 0.0702. The monoisotopic (exact) mass is 298 g/mol. The molecule has 2 aromatic rings. The second-order valence-electron chi connectivity index (χ2n) is 3.90. The molecule has 100 valence electrons. The Kier molecular flexibility index (Phi) is 3.92. The van der Waals surface area contributed by atoms with Gasteiger partial charge in [-0.2, -0.15) is 4.98 Å². The summed E-state index contributed by atoms with van der Waals surface area (Å²) in [5, 5.41) is 9.03. The number of ether oxygens (including phenoxy) is 1. The third kappa shape index (κ3) is 3.15. The summed E-state index contributed by atoms with van der Waals surface area (Å²) in [4.78, 5) is 16.6. The molecule has 0 aliphatic rings. The van der Waals surface area contributed by atoms with Crippen LogP contribution in [0.25, 0.3) is 0 Å². The average molecular weight is 299 g/mol. The highest BCUT2D eigenvalue weighted by atomic mass is 35.5. The first-order valence-electron chi connectivity index (χ1n) is 5.32. The Morgan fingerprint density at radius 2 is 2.21 bits per heavy atom. The number of thiazole rings is 1. The molecular weight excluding hydrogens is 288 g/mol. The number of aromatic nitrogens is 1. The number of carbonyl (C=O) groups is 1. The van der Waals surface area contributed by atoms with Crippen LogP contribution in [0.4, 0.5) is 5.69 Å². The Balaban J connectivity index is 2.24. The summed E-state index contributed by atoms with van der Waals surface area (Å²) >= 11 is 6.62. The zero-order valence-corrected chi connectivity index (χ0v) is 11.8. The molecule has 0 amide bonds. The van der Waals surface area contributed by atoms with Gasteiger partial charge >= 0.3 is 5.97 Å². The molecule has 0 aliphatic carbocycles. The smallest absolute Gasteiger partial charge is 0.349 e. The summed E-state index contributed by atoms with van der Waals surface area (Å²) in [5.74, 6) is -0.534. The lowest BCUT2D eigenvalue weighted by atomic mass is 10.3. The summed E-state index contributed by atoms with van der Waals surface area (Å²) in [5.41, 5.74) is 0.971. The van der Waals surface area contributed by atoms with Crippen molar-refractivity contribution in [1.82, 2.24) is 4.98 Å². The van der Waals surface area contributed by atoms with Crippen LogP contribution in [0.3, 0.4) is 0 Å². The van der Waals surface area contributed by atoms with E-state index in [-0.39, 0.29) is 15.2 Å². The van der Waals surface area contributed by atoms with Crippen LogP contribution in [-0.4, -0.2) is 30.2 Å². The molecule has 1 aromatic carbocycles. The molecule has 0 fully saturated rings. The molecule has 1 heterocycles. The van der Waals surface area contributed by atoms with E-state index in [2.05, 4.69) is 4.98 Å². The normalized spacial score (nSPS) is 10.3. The van der Waals surface area contributed by atoms with Gasteiger partial charge in [0.05, 0.1) is 0 Å². The van der Waals surface area contributed by atoms with Crippen LogP contribution in [0.5, 0.6) is 10.9 Å². The van der Waals surface area contributed by atoms with Crippen LogP contribution in [0.15, 0.2) is 24.3 Å². The van der Waals surface area contributed by atoms with Crippen molar-refractivity contribution in [3.63, 3.8) is 0 Å². The average Bonchev–Trinajstić information content (AvgIpc) is 2.70. The Morgan fingerprint density at radius 1 is 1.47 bits per heavy atom. The molecule has 1 aromatic heterocycles. The van der Waals surface area contributed by atoms with Crippen molar-refractivity contribution < 1.29 is 14.6 Å². The van der Waals surface area contributed by atoms with E-state index in [4.69, 9.17) is 21.4 Å². The molecule has 5 nitrogen and oxygen atoms in total. The van der Waals surface area contributed by atoms with Gasteiger partial charge in [-0.25, -0.2) is 4.79 Å². The lowest BCUT2D eigenvalue weighted by Gasteiger charge is -2.13. The Labute approximate surface area is 119 Å². The highest BCUT2D eigenvalue weighted by Gasteiger charge is 2.17. The lowest BCUT2D eigenvalue weighted by Crippen LogP contribution is -2.08. The summed E-state index contributed by atoms with van der Waals surface area (Å²) in [6.07, 6.45) is 0. The third-order valence-corrected chi connectivity index (χ3v) is 3.61. The van der Waals surface area contributed by atoms with Crippen LogP contribution < -0.4 is 9.64 Å². The standard InChI is InChI=1S/C12H11ClN2O3S/c1-15(2)7-4-3-5-8(6-7)18-12-14-10(13)9(19-12)11(16)17/h3-6H,1-2H3,(H,16,17). The van der Waals surface area contributed by atoms with Crippen LogP contribution in [0.2, 0.25) is 5.15 Å². The van der Waals surface area contributed by atoms with E-state index in [0.717, 1.165) is 17.0 Å². The van der Waals surface area contributed by atoms with Crippen molar-refractivity contribution >= 4 is 34.6 Å². The van der Waals surface area contributed by atoms with Crippen LogP contribution in [0.1, 0.15) is 9.67 Å². The Bertz CT molecular complexity index is 613. The molecule has 0 bridgehead atoms. The van der Waals surface area contributed by atoms with Crippen molar-refractivity contribution in [1.29, 1.82) is 0 Å². The largest absolute Gasteiger partial charge is 0.477 e. The summed E-state index contributed by atoms with van der Waals surface area (Å²) < 4.78 is 5.51. The predicted molar refractivity (Wildman–Crippen MR) is 74.9 cm³/mol. The molecule has 0 spiro atoms. The third-order valence-electron chi connectivity index (χ3n) is 2.30. The first-order valence-corrected chi connectivity index (χ1v) is 6.51. The number of benzene rings is 1. The van der Waals surface area contributed by atoms with E-state index in [1.807, 2.05) is 37.2 Å². The highest BCUT2D eigenvalue weighted by Crippen LogP contribution is 2.32. The fraction of sp³-hybridized carbons (Fsp3) is 0.167. The number of rotatable bonds is 4. The minimum absolute atomic E-state index is 0.0274. The zero-order chi connectivity index (χ0) is 14.0. The van der Waals surface area contributed by atoms with Crippen molar-refractivity contribution in [2.45, 2.75) is 0 Å². The molecule has 0 aliphatic heterocycles. The highest BCUT2D eigenvalue weighted by molar-refractivity contribution is 7.15. The predicted octanol–water partition coefficient (Wildman–Crippen LogP) is 3.35. The minimum atomic E-state index is -1.11. The number of hydrogen-bond acceptors (Lipinski definition) is 5. The number of halogens is 1. The second-order valence-corrected chi connectivity index (χ2v) is 5.22. The van der Waals surface area contributed by atoms with Gasteiger partial charge in [-0.1, -0.05) is 29.0 Å². The molecule has 0 atom stereocenters. The number of hydrogen-bond donors (Lipinski definition) is 1. The zero-order valence-electron chi connectivity index (χ0n) is 10.3. The fourth-order valence-corrected chi connectivity index (χ4v) is 2.37. The first kappa shape index (κ1) is 13.6. The Morgan fingerprint density at radius 3 is 2.79 bits per heavy atom. The van der Waals surface area contributed by atoms with E-state index in [1.54, 1.807) is 6.07 Å². The number of aromatic carboxylic acids is 1. The molecule has 0 unspecified atom stereocenters. The van der Waals surface area contributed by atoms with Gasteiger partial charge in [-0.15, -0.1) is 0 Å². The summed E-state index contributed by atoms with van der Waals surface area (Å²) in [7, 11) is 3.84. The number of carboxylic acid groups (broad SMARTS) is 1. The molecule has 1 N–H and O–H groups in total. The maximum absolute atomic E-state index is 10.9.